The van der Waals surface area contributed by atoms with E-state index in [2.05, 4.69) is 4.72 Å². The van der Waals surface area contributed by atoms with Crippen molar-refractivity contribution in [3.05, 3.63) is 17.5 Å². The average molecular weight is 318 g/mol. The molecule has 0 spiro atoms. The van der Waals surface area contributed by atoms with Crippen LogP contribution in [0.25, 0.3) is 0 Å². The van der Waals surface area contributed by atoms with Gasteiger partial charge in [0.1, 0.15) is 4.21 Å². The first-order valence-electron chi connectivity index (χ1n) is 6.36. The molecule has 1 saturated carbocycles. The molecule has 0 radical (unpaired) electrons. The minimum Gasteiger partial charge on any atom is -0.392 e. The van der Waals surface area contributed by atoms with E-state index in [1.54, 1.807) is 17.5 Å². The van der Waals surface area contributed by atoms with Gasteiger partial charge in [0.25, 0.3) is 10.0 Å². The normalized spacial score (nSPS) is 19.2. The number of nitrogens with one attached hydrogen (secondary N) is 1. The molecule has 1 aliphatic rings. The Hall–Kier alpha value is -0.500. The fourth-order valence-corrected chi connectivity index (χ4v) is 5.12. The number of sulfonamides is 1. The Morgan fingerprint density at radius 2 is 2.11 bits per heavy atom. The number of rotatable bonds is 5. The smallest absolute Gasteiger partial charge is 0.250 e. The Labute approximate surface area is 123 Å². The molecule has 1 atom stereocenters. The van der Waals surface area contributed by atoms with Crippen molar-refractivity contribution >= 4 is 38.6 Å². The fourth-order valence-electron chi connectivity index (χ4n) is 2.50. The van der Waals surface area contributed by atoms with Crippen LogP contribution in [0.4, 0.5) is 0 Å². The predicted molar refractivity (Wildman–Crippen MR) is 81.8 cm³/mol. The molecule has 7 heteroatoms. The molecule has 1 unspecified atom stereocenters. The summed E-state index contributed by atoms with van der Waals surface area (Å²) in [5.41, 5.74) is 5.74. The second-order valence-corrected chi connectivity index (χ2v) is 8.19. The third-order valence-corrected chi connectivity index (χ3v) is 6.56. The summed E-state index contributed by atoms with van der Waals surface area (Å²) in [6.45, 7) is 0. The number of hydrogen-bond acceptors (Lipinski definition) is 4. The van der Waals surface area contributed by atoms with Gasteiger partial charge in [-0.15, -0.1) is 11.3 Å². The molecule has 2 rings (SSSR count). The lowest BCUT2D eigenvalue weighted by Crippen LogP contribution is -2.48. The van der Waals surface area contributed by atoms with Gasteiger partial charge in [0.15, 0.2) is 0 Å². The summed E-state index contributed by atoms with van der Waals surface area (Å²) in [7, 11) is -3.51. The molecule has 1 fully saturated rings. The highest BCUT2D eigenvalue weighted by atomic mass is 32.2. The molecular formula is C12H18N2O2S3. The Bertz CT molecular complexity index is 519. The van der Waals surface area contributed by atoms with Gasteiger partial charge in [-0.3, -0.25) is 0 Å². The lowest BCUT2D eigenvalue weighted by atomic mass is 9.84. The third kappa shape index (κ3) is 3.75. The lowest BCUT2D eigenvalue weighted by molar-refractivity contribution is 0.330. The third-order valence-electron chi connectivity index (χ3n) is 3.47. The fraction of sp³-hybridized carbons (Fsp3) is 0.583. The van der Waals surface area contributed by atoms with Crippen LogP contribution in [0.1, 0.15) is 32.1 Å². The van der Waals surface area contributed by atoms with Crippen molar-refractivity contribution in [1.29, 1.82) is 0 Å². The van der Waals surface area contributed by atoms with E-state index in [0.29, 0.717) is 4.21 Å². The van der Waals surface area contributed by atoms with Gasteiger partial charge in [-0.1, -0.05) is 37.5 Å². The van der Waals surface area contributed by atoms with Crippen molar-refractivity contribution in [2.24, 2.45) is 11.7 Å². The van der Waals surface area contributed by atoms with Crippen molar-refractivity contribution in [2.45, 2.75) is 42.4 Å². The van der Waals surface area contributed by atoms with Gasteiger partial charge in [-0.05, 0) is 30.2 Å². The number of thiophene rings is 1. The Kier molecular flexibility index (Phi) is 4.94. The van der Waals surface area contributed by atoms with Gasteiger partial charge >= 0.3 is 0 Å². The molecule has 19 heavy (non-hydrogen) atoms. The van der Waals surface area contributed by atoms with E-state index in [1.807, 2.05) is 0 Å². The van der Waals surface area contributed by atoms with E-state index in [-0.39, 0.29) is 10.9 Å². The maximum absolute atomic E-state index is 12.2. The molecule has 0 saturated heterocycles. The minimum atomic E-state index is -3.51. The predicted octanol–water partition coefficient (Wildman–Crippen LogP) is 2.26. The van der Waals surface area contributed by atoms with Gasteiger partial charge < -0.3 is 5.73 Å². The van der Waals surface area contributed by atoms with Crippen LogP contribution in [-0.4, -0.2) is 19.4 Å². The van der Waals surface area contributed by atoms with Gasteiger partial charge in [0, 0.05) is 0 Å². The van der Waals surface area contributed by atoms with Crippen LogP contribution in [-0.2, 0) is 10.0 Å². The molecule has 3 N–H and O–H groups in total. The topological polar surface area (TPSA) is 72.2 Å². The highest BCUT2D eigenvalue weighted by Gasteiger charge is 2.30. The maximum Gasteiger partial charge on any atom is 0.250 e. The van der Waals surface area contributed by atoms with Crippen LogP contribution in [0.5, 0.6) is 0 Å². The van der Waals surface area contributed by atoms with Crippen LogP contribution in [0, 0.1) is 5.92 Å². The molecule has 1 aliphatic carbocycles. The summed E-state index contributed by atoms with van der Waals surface area (Å²) in [4.78, 5) is 0.243. The van der Waals surface area contributed by atoms with Crippen molar-refractivity contribution in [1.82, 2.24) is 4.72 Å². The van der Waals surface area contributed by atoms with E-state index in [4.69, 9.17) is 18.0 Å². The molecule has 0 bridgehead atoms. The zero-order valence-corrected chi connectivity index (χ0v) is 13.0. The SMILES string of the molecule is NC(=S)C(NS(=O)(=O)c1cccs1)C1CCCCC1. The zero-order chi connectivity index (χ0) is 13.9. The quantitative estimate of drug-likeness (QED) is 0.817. The van der Waals surface area contributed by atoms with E-state index in [9.17, 15) is 8.42 Å². The monoisotopic (exact) mass is 318 g/mol. The summed E-state index contributed by atoms with van der Waals surface area (Å²) >= 11 is 6.25. The first-order chi connectivity index (χ1) is 9.00. The van der Waals surface area contributed by atoms with Crippen LogP contribution in [0.3, 0.4) is 0 Å². The number of nitrogens with two attached hydrogens (primary N) is 1. The average Bonchev–Trinajstić information content (AvgIpc) is 2.91. The Balaban J connectivity index is 2.15. The Morgan fingerprint density at radius 1 is 1.42 bits per heavy atom. The molecule has 4 nitrogen and oxygen atoms in total. The first-order valence-corrected chi connectivity index (χ1v) is 9.13. The molecule has 0 aromatic carbocycles. The molecule has 1 heterocycles. The van der Waals surface area contributed by atoms with Crippen LogP contribution in [0.2, 0.25) is 0 Å². The van der Waals surface area contributed by atoms with Crippen molar-refractivity contribution in [3.8, 4) is 0 Å². The summed E-state index contributed by atoms with van der Waals surface area (Å²) in [6.07, 6.45) is 5.40. The number of thiocarbonyl (C=S) groups is 1. The second-order valence-electron chi connectivity index (χ2n) is 4.83. The van der Waals surface area contributed by atoms with Gasteiger partial charge in [-0.2, -0.15) is 0 Å². The van der Waals surface area contributed by atoms with E-state index >= 15 is 0 Å². The molecule has 1 aromatic rings. The summed E-state index contributed by atoms with van der Waals surface area (Å²) < 4.78 is 27.5. The largest absolute Gasteiger partial charge is 0.392 e. The molecular weight excluding hydrogens is 300 g/mol. The molecule has 106 valence electrons. The highest BCUT2D eigenvalue weighted by Crippen LogP contribution is 2.28. The first kappa shape index (κ1) is 14.9. The standard InChI is InChI=1S/C12H18N2O2S3/c13-12(17)11(9-5-2-1-3-6-9)14-19(15,16)10-7-4-8-18-10/h4,7-9,11,14H,1-3,5-6H2,(H2,13,17). The number of hydrogen-bond donors (Lipinski definition) is 2. The van der Waals surface area contributed by atoms with Crippen molar-refractivity contribution in [3.63, 3.8) is 0 Å². The van der Waals surface area contributed by atoms with E-state index < -0.39 is 16.1 Å². The highest BCUT2D eigenvalue weighted by molar-refractivity contribution is 7.91. The lowest BCUT2D eigenvalue weighted by Gasteiger charge is -2.29. The second kappa shape index (κ2) is 6.30. The van der Waals surface area contributed by atoms with Crippen molar-refractivity contribution in [2.75, 3.05) is 0 Å². The van der Waals surface area contributed by atoms with Crippen LogP contribution < -0.4 is 10.5 Å². The van der Waals surface area contributed by atoms with Gasteiger partial charge in [-0.25, -0.2) is 13.1 Å². The van der Waals surface area contributed by atoms with Crippen LogP contribution >= 0.6 is 23.6 Å². The van der Waals surface area contributed by atoms with E-state index in [0.717, 1.165) is 25.7 Å². The maximum atomic E-state index is 12.2. The molecule has 1 aromatic heterocycles. The van der Waals surface area contributed by atoms with Gasteiger partial charge in [0.2, 0.25) is 0 Å². The summed E-state index contributed by atoms with van der Waals surface area (Å²) in [5.74, 6) is 0.223. The minimum absolute atomic E-state index is 0.223. The zero-order valence-electron chi connectivity index (χ0n) is 10.5. The van der Waals surface area contributed by atoms with Gasteiger partial charge in [0.05, 0.1) is 11.0 Å². The molecule has 0 amide bonds. The Morgan fingerprint density at radius 3 is 2.63 bits per heavy atom. The summed E-state index contributed by atoms with van der Waals surface area (Å²) in [5, 5.41) is 1.74. The van der Waals surface area contributed by atoms with E-state index in [1.165, 1.54) is 17.8 Å². The van der Waals surface area contributed by atoms with Crippen molar-refractivity contribution < 1.29 is 8.42 Å². The van der Waals surface area contributed by atoms with Crippen LogP contribution in [0.15, 0.2) is 21.7 Å². The molecule has 0 aliphatic heterocycles. The summed E-state index contributed by atoms with van der Waals surface area (Å²) in [6, 6.07) is 2.88.